The molecule has 0 radical (unpaired) electrons. The standard InChI is InChI=1S/C22H23N5OS.ClH/c1-16-18(15-23-27(16)17-9-5-4-6-10-17)21(28)26(14-13-25(2)3)22-24-19-11-7-8-12-20(19)29-22;/h4-12,15H,13-14H2,1-3H3;1H. The highest BCUT2D eigenvalue weighted by atomic mass is 35.5. The average Bonchev–Trinajstić information content (AvgIpc) is 3.32. The number of carbonyl (C=O) groups excluding carboxylic acids is 1. The first kappa shape index (κ1) is 22.0. The van der Waals surface area contributed by atoms with Crippen LogP contribution in [0.1, 0.15) is 16.1 Å². The molecule has 6 nitrogen and oxygen atoms in total. The van der Waals surface area contributed by atoms with Gasteiger partial charge in [0.2, 0.25) is 0 Å². The fraction of sp³-hybridized carbons (Fsp3) is 0.227. The van der Waals surface area contributed by atoms with E-state index in [1.165, 1.54) is 11.3 Å². The van der Waals surface area contributed by atoms with E-state index in [1.807, 2.05) is 75.6 Å². The van der Waals surface area contributed by atoms with Crippen molar-refractivity contribution in [2.75, 3.05) is 32.1 Å². The Morgan fingerprint density at radius 1 is 1.03 bits per heavy atom. The van der Waals surface area contributed by atoms with Crippen LogP contribution in [0, 0.1) is 6.92 Å². The molecular weight excluding hydrogens is 418 g/mol. The molecule has 0 unspecified atom stereocenters. The molecule has 8 heteroatoms. The van der Waals surface area contributed by atoms with E-state index >= 15 is 0 Å². The summed E-state index contributed by atoms with van der Waals surface area (Å²) in [5, 5.41) is 5.18. The predicted molar refractivity (Wildman–Crippen MR) is 125 cm³/mol. The van der Waals surface area contributed by atoms with Gasteiger partial charge in [0.15, 0.2) is 5.13 Å². The number of rotatable bonds is 6. The summed E-state index contributed by atoms with van der Waals surface area (Å²) in [7, 11) is 4.00. The molecule has 2 aromatic heterocycles. The van der Waals surface area contributed by atoms with Gasteiger partial charge in [-0.2, -0.15) is 5.10 Å². The Morgan fingerprint density at radius 3 is 2.43 bits per heavy atom. The minimum Gasteiger partial charge on any atom is -0.308 e. The van der Waals surface area contributed by atoms with E-state index in [1.54, 1.807) is 15.8 Å². The number of para-hydroxylation sites is 2. The Labute approximate surface area is 186 Å². The normalized spacial score (nSPS) is 10.9. The highest BCUT2D eigenvalue weighted by Crippen LogP contribution is 2.30. The SMILES string of the molecule is Cc1c(C(=O)N(CCN(C)C)c2nc3ccccc3s2)cnn1-c1ccccc1.Cl. The first-order valence-electron chi connectivity index (χ1n) is 9.47. The van der Waals surface area contributed by atoms with E-state index in [-0.39, 0.29) is 18.3 Å². The lowest BCUT2D eigenvalue weighted by Crippen LogP contribution is -2.37. The Hall–Kier alpha value is -2.74. The van der Waals surface area contributed by atoms with Crippen molar-refractivity contribution in [2.45, 2.75) is 6.92 Å². The molecule has 0 saturated carbocycles. The number of nitrogens with zero attached hydrogens (tertiary/aromatic N) is 5. The molecule has 0 bridgehead atoms. The number of amides is 1. The molecule has 0 saturated heterocycles. The van der Waals surface area contributed by atoms with Gasteiger partial charge >= 0.3 is 0 Å². The fourth-order valence-electron chi connectivity index (χ4n) is 3.15. The Kier molecular flexibility index (Phi) is 6.87. The van der Waals surface area contributed by atoms with Gasteiger partial charge in [0.25, 0.3) is 5.91 Å². The van der Waals surface area contributed by atoms with Gasteiger partial charge < -0.3 is 4.90 Å². The largest absolute Gasteiger partial charge is 0.308 e. The van der Waals surface area contributed by atoms with Gasteiger partial charge in [-0.05, 0) is 45.3 Å². The molecule has 0 aliphatic heterocycles. The summed E-state index contributed by atoms with van der Waals surface area (Å²) < 4.78 is 2.87. The zero-order valence-electron chi connectivity index (χ0n) is 17.1. The Bertz CT molecular complexity index is 1110. The predicted octanol–water partition coefficient (Wildman–Crippen LogP) is 4.42. The molecule has 4 rings (SSSR count). The first-order valence-corrected chi connectivity index (χ1v) is 10.3. The van der Waals surface area contributed by atoms with Crippen LogP contribution >= 0.6 is 23.7 Å². The van der Waals surface area contributed by atoms with Crippen molar-refractivity contribution in [2.24, 2.45) is 0 Å². The zero-order chi connectivity index (χ0) is 20.4. The second kappa shape index (κ2) is 9.38. The number of hydrogen-bond donors (Lipinski definition) is 0. The van der Waals surface area contributed by atoms with E-state index in [2.05, 4.69) is 10.00 Å². The molecule has 30 heavy (non-hydrogen) atoms. The van der Waals surface area contributed by atoms with E-state index in [4.69, 9.17) is 4.98 Å². The second-order valence-electron chi connectivity index (χ2n) is 7.12. The Balaban J connectivity index is 0.00000256. The quantitative estimate of drug-likeness (QED) is 0.444. The van der Waals surface area contributed by atoms with Gasteiger partial charge in [-0.25, -0.2) is 9.67 Å². The maximum atomic E-state index is 13.5. The molecule has 4 aromatic rings. The van der Waals surface area contributed by atoms with Crippen LogP contribution in [-0.2, 0) is 0 Å². The average molecular weight is 442 g/mol. The van der Waals surface area contributed by atoms with E-state index in [0.29, 0.717) is 17.2 Å². The summed E-state index contributed by atoms with van der Waals surface area (Å²) in [6.07, 6.45) is 1.65. The number of fused-ring (bicyclic) bond motifs is 1. The van der Waals surface area contributed by atoms with E-state index in [0.717, 1.165) is 28.1 Å². The van der Waals surface area contributed by atoms with Gasteiger partial charge in [0.05, 0.1) is 33.4 Å². The van der Waals surface area contributed by atoms with E-state index in [9.17, 15) is 4.79 Å². The smallest absolute Gasteiger partial charge is 0.263 e. The van der Waals surface area contributed by atoms with Crippen LogP contribution in [0.15, 0.2) is 60.8 Å². The lowest BCUT2D eigenvalue weighted by atomic mass is 10.2. The van der Waals surface area contributed by atoms with Crippen molar-refractivity contribution in [3.8, 4) is 5.69 Å². The molecule has 0 N–H and O–H groups in total. The highest BCUT2D eigenvalue weighted by molar-refractivity contribution is 7.22. The molecular formula is C22H24ClN5OS. The van der Waals surface area contributed by atoms with Crippen LogP contribution in [0.3, 0.4) is 0 Å². The summed E-state index contributed by atoms with van der Waals surface area (Å²) in [5.74, 6) is -0.0782. The lowest BCUT2D eigenvalue weighted by molar-refractivity contribution is 0.0984. The molecule has 156 valence electrons. The van der Waals surface area contributed by atoms with Crippen molar-refractivity contribution in [1.29, 1.82) is 0 Å². The van der Waals surface area contributed by atoms with E-state index < -0.39 is 0 Å². The number of aromatic nitrogens is 3. The number of thiazole rings is 1. The van der Waals surface area contributed by atoms with Crippen LogP contribution in [0.5, 0.6) is 0 Å². The number of anilines is 1. The number of hydrogen-bond acceptors (Lipinski definition) is 5. The fourth-order valence-corrected chi connectivity index (χ4v) is 4.14. The molecule has 2 aromatic carbocycles. The molecule has 2 heterocycles. The number of likely N-dealkylation sites (N-methyl/N-ethyl adjacent to an activating group) is 1. The molecule has 0 fully saturated rings. The van der Waals surface area contributed by atoms with Crippen molar-refractivity contribution in [1.82, 2.24) is 19.7 Å². The highest BCUT2D eigenvalue weighted by Gasteiger charge is 2.25. The Morgan fingerprint density at radius 2 is 1.73 bits per heavy atom. The van der Waals surface area contributed by atoms with Gasteiger partial charge in [-0.15, -0.1) is 12.4 Å². The van der Waals surface area contributed by atoms with Crippen molar-refractivity contribution >= 4 is 45.0 Å². The summed E-state index contributed by atoms with van der Waals surface area (Å²) >= 11 is 1.54. The van der Waals surface area contributed by atoms with Crippen LogP contribution < -0.4 is 4.90 Å². The molecule has 0 spiro atoms. The number of carbonyl (C=O) groups is 1. The third-order valence-electron chi connectivity index (χ3n) is 4.77. The van der Waals surface area contributed by atoms with Gasteiger partial charge in [0, 0.05) is 13.1 Å². The van der Waals surface area contributed by atoms with Crippen LogP contribution in [-0.4, -0.2) is 52.8 Å². The van der Waals surface area contributed by atoms with Crippen molar-refractivity contribution < 1.29 is 4.79 Å². The van der Waals surface area contributed by atoms with Crippen LogP contribution in [0.2, 0.25) is 0 Å². The lowest BCUT2D eigenvalue weighted by Gasteiger charge is -2.21. The summed E-state index contributed by atoms with van der Waals surface area (Å²) in [5.41, 5.74) is 3.25. The van der Waals surface area contributed by atoms with Gasteiger partial charge in [-0.3, -0.25) is 9.69 Å². The zero-order valence-corrected chi connectivity index (χ0v) is 18.8. The van der Waals surface area contributed by atoms with Crippen LogP contribution in [0.4, 0.5) is 5.13 Å². The topological polar surface area (TPSA) is 54.3 Å². The summed E-state index contributed by atoms with van der Waals surface area (Å²) in [4.78, 5) is 22.1. The second-order valence-corrected chi connectivity index (χ2v) is 8.12. The molecule has 0 aliphatic carbocycles. The molecule has 0 aliphatic rings. The third-order valence-corrected chi connectivity index (χ3v) is 5.83. The minimum atomic E-state index is -0.0782. The third kappa shape index (κ3) is 4.38. The first-order chi connectivity index (χ1) is 14.0. The van der Waals surface area contributed by atoms with Crippen molar-refractivity contribution in [3.05, 3.63) is 72.1 Å². The summed E-state index contributed by atoms with van der Waals surface area (Å²) in [6, 6.07) is 17.8. The van der Waals surface area contributed by atoms with Gasteiger partial charge in [0.1, 0.15) is 0 Å². The number of benzene rings is 2. The minimum absolute atomic E-state index is 0. The van der Waals surface area contributed by atoms with Gasteiger partial charge in [-0.1, -0.05) is 41.7 Å². The maximum absolute atomic E-state index is 13.5. The monoisotopic (exact) mass is 441 g/mol. The summed E-state index contributed by atoms with van der Waals surface area (Å²) in [6.45, 7) is 3.23. The maximum Gasteiger partial charge on any atom is 0.263 e. The molecule has 0 atom stereocenters. The molecule has 1 amide bonds. The van der Waals surface area contributed by atoms with Crippen molar-refractivity contribution in [3.63, 3.8) is 0 Å². The number of halogens is 1. The van der Waals surface area contributed by atoms with Crippen LogP contribution in [0.25, 0.3) is 15.9 Å².